The van der Waals surface area contributed by atoms with E-state index in [0.717, 1.165) is 31.9 Å². The van der Waals surface area contributed by atoms with E-state index >= 15 is 0 Å². The lowest BCUT2D eigenvalue weighted by Gasteiger charge is -2.13. The van der Waals surface area contributed by atoms with Gasteiger partial charge in [-0.3, -0.25) is 0 Å². The van der Waals surface area contributed by atoms with Crippen LogP contribution in [0.1, 0.15) is 37.1 Å². The number of carbonyl (C=O) groups excluding carboxylic acids is 1. The van der Waals surface area contributed by atoms with Gasteiger partial charge < -0.3 is 4.74 Å². The van der Waals surface area contributed by atoms with Crippen LogP contribution >= 0.6 is 0 Å². The van der Waals surface area contributed by atoms with Crippen molar-refractivity contribution in [2.75, 3.05) is 13.4 Å². The maximum absolute atomic E-state index is 12.4. The van der Waals surface area contributed by atoms with Crippen molar-refractivity contribution in [1.82, 2.24) is 20.2 Å². The second-order valence-corrected chi connectivity index (χ2v) is 8.69. The zero-order chi connectivity index (χ0) is 19.6. The normalized spacial score (nSPS) is 15.9. The molecule has 0 aliphatic heterocycles. The fourth-order valence-electron chi connectivity index (χ4n) is 3.37. The third-order valence-electron chi connectivity index (χ3n) is 4.73. The molecule has 0 atom stereocenters. The third-order valence-corrected chi connectivity index (χ3v) is 5.87. The van der Waals surface area contributed by atoms with Crippen molar-refractivity contribution >= 4 is 21.4 Å². The van der Waals surface area contributed by atoms with Crippen molar-refractivity contribution in [3.63, 3.8) is 0 Å². The fourth-order valence-corrected chi connectivity index (χ4v) is 4.21. The smallest absolute Gasteiger partial charge is 0.338 e. The molecular formula is C18H22N4O4S. The molecule has 0 N–H and O–H groups in total. The number of sulfone groups is 1. The van der Waals surface area contributed by atoms with Crippen LogP contribution in [0.3, 0.4) is 0 Å². The van der Waals surface area contributed by atoms with Gasteiger partial charge >= 0.3 is 5.97 Å². The Morgan fingerprint density at radius 2 is 2.00 bits per heavy atom. The number of aromatic nitrogens is 4. The van der Waals surface area contributed by atoms with Crippen molar-refractivity contribution in [1.29, 1.82) is 0 Å². The van der Waals surface area contributed by atoms with Gasteiger partial charge in [0.05, 0.1) is 23.3 Å². The van der Waals surface area contributed by atoms with Crippen molar-refractivity contribution in [2.24, 2.45) is 5.92 Å². The molecule has 1 aromatic carbocycles. The van der Waals surface area contributed by atoms with E-state index in [1.54, 1.807) is 19.1 Å². The highest BCUT2D eigenvalue weighted by molar-refractivity contribution is 7.90. The number of methoxy groups -OCH3 is 1. The summed E-state index contributed by atoms with van der Waals surface area (Å²) in [5.41, 5.74) is 1.31. The second kappa shape index (κ2) is 7.59. The number of tetrazole rings is 1. The molecule has 0 amide bonds. The molecule has 144 valence electrons. The minimum absolute atomic E-state index is 0.0896. The molecule has 8 nitrogen and oxygen atoms in total. The van der Waals surface area contributed by atoms with Gasteiger partial charge in [0, 0.05) is 6.26 Å². The van der Waals surface area contributed by atoms with Crippen LogP contribution < -0.4 is 0 Å². The number of hydrogen-bond donors (Lipinski definition) is 0. The molecule has 3 rings (SSSR count). The van der Waals surface area contributed by atoms with Gasteiger partial charge in [-0.25, -0.2) is 13.2 Å². The third kappa shape index (κ3) is 4.08. The van der Waals surface area contributed by atoms with Gasteiger partial charge in [-0.1, -0.05) is 25.0 Å². The van der Waals surface area contributed by atoms with Crippen LogP contribution in [0.4, 0.5) is 0 Å². The summed E-state index contributed by atoms with van der Waals surface area (Å²) in [4.78, 5) is 12.5. The number of rotatable bonds is 5. The van der Waals surface area contributed by atoms with Crippen molar-refractivity contribution in [3.8, 4) is 5.69 Å². The Labute approximate surface area is 158 Å². The Morgan fingerprint density at radius 3 is 2.56 bits per heavy atom. The highest BCUT2D eigenvalue weighted by atomic mass is 32.2. The summed E-state index contributed by atoms with van der Waals surface area (Å²) < 4.78 is 30.8. The number of ether oxygens (including phenoxy) is 1. The monoisotopic (exact) mass is 390 g/mol. The van der Waals surface area contributed by atoms with E-state index in [1.807, 2.05) is 6.08 Å². The van der Waals surface area contributed by atoms with Gasteiger partial charge in [0.15, 0.2) is 15.7 Å². The molecule has 0 saturated heterocycles. The van der Waals surface area contributed by atoms with Crippen molar-refractivity contribution < 1.29 is 17.9 Å². The first-order valence-corrected chi connectivity index (χ1v) is 10.6. The molecule has 0 unspecified atom stereocenters. The molecule has 1 fully saturated rings. The Morgan fingerprint density at radius 1 is 1.30 bits per heavy atom. The number of esters is 1. The average molecular weight is 390 g/mol. The molecule has 1 aliphatic carbocycles. The summed E-state index contributed by atoms with van der Waals surface area (Å²) in [5.74, 6) is 0.303. The van der Waals surface area contributed by atoms with Gasteiger partial charge in [0.25, 0.3) is 0 Å². The number of hydrogen-bond acceptors (Lipinski definition) is 7. The van der Waals surface area contributed by atoms with Gasteiger partial charge in [-0.2, -0.15) is 4.68 Å². The van der Waals surface area contributed by atoms with E-state index in [-0.39, 0.29) is 4.90 Å². The van der Waals surface area contributed by atoms with Gasteiger partial charge in [-0.15, -0.1) is 5.10 Å². The number of allylic oxidation sites excluding steroid dienone is 1. The molecule has 1 saturated carbocycles. The van der Waals surface area contributed by atoms with Gasteiger partial charge in [0.1, 0.15) is 0 Å². The molecule has 1 heterocycles. The van der Waals surface area contributed by atoms with Gasteiger partial charge in [-0.05, 0) is 53.8 Å². The molecule has 2 aromatic rings. The number of carbonyl (C=O) groups is 1. The van der Waals surface area contributed by atoms with E-state index in [4.69, 9.17) is 4.74 Å². The molecule has 27 heavy (non-hydrogen) atoms. The Hall–Kier alpha value is -2.55. The minimum Gasteiger partial charge on any atom is -0.465 e. The number of nitrogens with zero attached hydrogens (tertiary/aromatic N) is 4. The average Bonchev–Trinajstić information content (AvgIpc) is 3.29. The van der Waals surface area contributed by atoms with E-state index in [1.165, 1.54) is 17.9 Å². The van der Waals surface area contributed by atoms with Crippen LogP contribution in [0, 0.1) is 12.8 Å². The van der Waals surface area contributed by atoms with Crippen LogP contribution in [0.5, 0.6) is 0 Å². The van der Waals surface area contributed by atoms with Gasteiger partial charge in [0.2, 0.25) is 0 Å². The highest BCUT2D eigenvalue weighted by Crippen LogP contribution is 2.31. The van der Waals surface area contributed by atoms with E-state index in [2.05, 4.69) is 15.5 Å². The zero-order valence-electron chi connectivity index (χ0n) is 15.5. The quantitative estimate of drug-likeness (QED) is 0.569. The predicted molar refractivity (Wildman–Crippen MR) is 99.0 cm³/mol. The van der Waals surface area contributed by atoms with E-state index < -0.39 is 15.8 Å². The van der Waals surface area contributed by atoms with Crippen LogP contribution in [-0.4, -0.2) is 48.0 Å². The number of benzene rings is 1. The topological polar surface area (TPSA) is 104 Å². The second-order valence-electron chi connectivity index (χ2n) is 6.71. The van der Waals surface area contributed by atoms with Crippen molar-refractivity contribution in [2.45, 2.75) is 37.5 Å². The molecule has 0 bridgehead atoms. The zero-order valence-corrected chi connectivity index (χ0v) is 16.4. The van der Waals surface area contributed by atoms with Crippen LogP contribution in [0.2, 0.25) is 0 Å². The molecule has 1 aromatic heterocycles. The first-order chi connectivity index (χ1) is 12.8. The maximum atomic E-state index is 12.4. The summed E-state index contributed by atoms with van der Waals surface area (Å²) in [6.07, 6.45) is 7.39. The predicted octanol–water partition coefficient (Wildman–Crippen LogP) is 2.12. The summed E-state index contributed by atoms with van der Waals surface area (Å²) in [6, 6.07) is 4.72. The summed E-state index contributed by atoms with van der Waals surface area (Å²) in [7, 11) is -2.18. The fraction of sp³-hybridized carbons (Fsp3) is 0.444. The molecule has 1 aliphatic rings. The Bertz CT molecular complexity index is 989. The Balaban J connectivity index is 2.17. The molecular weight excluding hydrogens is 368 g/mol. The van der Waals surface area contributed by atoms with E-state index in [9.17, 15) is 13.2 Å². The first-order valence-electron chi connectivity index (χ1n) is 8.71. The lowest BCUT2D eigenvalue weighted by atomic mass is 9.98. The minimum atomic E-state index is -3.52. The standard InChI is InChI=1S/C18H22N4O4S/c1-12-19-20-21-22(12)16-11-14(8-9-17(16)27(3,24)25)15(18(23)26-2)10-13-6-4-5-7-13/h8-11,13H,4-7H2,1-3H3. The van der Waals surface area contributed by atoms with Crippen LogP contribution in [0.25, 0.3) is 11.3 Å². The largest absolute Gasteiger partial charge is 0.465 e. The first kappa shape index (κ1) is 19.2. The molecule has 0 spiro atoms. The SMILES string of the molecule is COC(=O)C(=CC1CCCC1)c1ccc(S(C)(=O)=O)c(-n2nnnc2C)c1. The molecule has 0 radical (unpaired) electrons. The maximum Gasteiger partial charge on any atom is 0.338 e. The summed E-state index contributed by atoms with van der Waals surface area (Å²) in [6.45, 7) is 1.67. The highest BCUT2D eigenvalue weighted by Gasteiger charge is 2.23. The van der Waals surface area contributed by atoms with Crippen LogP contribution in [-0.2, 0) is 19.4 Å². The lowest BCUT2D eigenvalue weighted by Crippen LogP contribution is -2.11. The van der Waals surface area contributed by atoms with Crippen LogP contribution in [0.15, 0.2) is 29.2 Å². The summed E-state index contributed by atoms with van der Waals surface area (Å²) in [5, 5.41) is 11.3. The van der Waals surface area contributed by atoms with Crippen molar-refractivity contribution in [3.05, 3.63) is 35.7 Å². The Kier molecular flexibility index (Phi) is 5.41. The lowest BCUT2D eigenvalue weighted by molar-refractivity contribution is -0.133. The van der Waals surface area contributed by atoms with E-state index in [0.29, 0.717) is 28.6 Å². The summed E-state index contributed by atoms with van der Waals surface area (Å²) >= 11 is 0. The number of aryl methyl sites for hydroxylation is 1. The molecule has 9 heteroatoms.